The van der Waals surface area contributed by atoms with E-state index in [1.807, 2.05) is 0 Å². The number of ether oxygens (including phenoxy) is 1. The largest absolute Gasteiger partial charge is 0.503 e. The van der Waals surface area contributed by atoms with E-state index < -0.39 is 10.0 Å². The number of benzene rings is 2. The van der Waals surface area contributed by atoms with Crippen LogP contribution < -0.4 is 15.2 Å². The molecule has 0 fully saturated rings. The monoisotopic (exact) mass is 428 g/mol. The molecule has 1 amide bonds. The molecule has 0 aliphatic rings. The van der Waals surface area contributed by atoms with Crippen LogP contribution in [0.2, 0.25) is 0 Å². The molecule has 0 atom stereocenters. The van der Waals surface area contributed by atoms with Gasteiger partial charge >= 0.3 is 0 Å². The van der Waals surface area contributed by atoms with Crippen molar-refractivity contribution in [1.29, 1.82) is 0 Å². The zero-order valence-corrected chi connectivity index (χ0v) is 15.7. The molecular weight excluding hydrogens is 412 g/mol. The van der Waals surface area contributed by atoms with E-state index in [0.29, 0.717) is 23.0 Å². The highest BCUT2D eigenvalue weighted by atomic mass is 79.9. The second-order valence-corrected chi connectivity index (χ2v) is 7.62. The van der Waals surface area contributed by atoms with Gasteiger partial charge in [0.05, 0.1) is 16.5 Å². The third-order valence-corrected chi connectivity index (χ3v) is 5.00. The normalized spacial score (nSPS) is 11.2. The quantitative estimate of drug-likeness (QED) is 0.647. The molecule has 0 aliphatic carbocycles. The minimum Gasteiger partial charge on any atom is -0.503 e. The zero-order chi connectivity index (χ0) is 18.6. The number of hydrogen-bond donors (Lipinski definition) is 3. The predicted molar refractivity (Wildman–Crippen MR) is 96.2 cm³/mol. The molecule has 134 valence electrons. The number of halogens is 1. The number of aromatic hydroxyl groups is 1. The number of amides is 1. The number of sulfonamides is 1. The molecular formula is C16H17BrN2O5S. The Morgan fingerprint density at radius 2 is 1.92 bits per heavy atom. The van der Waals surface area contributed by atoms with Crippen molar-refractivity contribution in [3.8, 4) is 11.5 Å². The van der Waals surface area contributed by atoms with Gasteiger partial charge in [-0.3, -0.25) is 4.79 Å². The van der Waals surface area contributed by atoms with E-state index >= 15 is 0 Å². The summed E-state index contributed by atoms with van der Waals surface area (Å²) in [7, 11) is -2.31. The van der Waals surface area contributed by atoms with Gasteiger partial charge in [-0.2, -0.15) is 0 Å². The van der Waals surface area contributed by atoms with Crippen LogP contribution in [0.3, 0.4) is 0 Å². The molecule has 0 unspecified atom stereocenters. The topological polar surface area (TPSA) is 119 Å². The molecule has 0 spiro atoms. The Labute approximate surface area is 154 Å². The van der Waals surface area contributed by atoms with Crippen molar-refractivity contribution in [2.45, 2.75) is 11.3 Å². The van der Waals surface area contributed by atoms with E-state index in [-0.39, 0.29) is 22.3 Å². The Morgan fingerprint density at radius 3 is 2.48 bits per heavy atom. The second kappa shape index (κ2) is 7.85. The number of carbonyl (C=O) groups is 1. The maximum absolute atomic E-state index is 12.2. The van der Waals surface area contributed by atoms with E-state index in [1.54, 1.807) is 12.1 Å². The van der Waals surface area contributed by atoms with Crippen molar-refractivity contribution in [2.24, 2.45) is 5.14 Å². The SMILES string of the molecule is COc1cc(C(=O)NCCc2ccc(S(N)(=O)=O)cc2)cc(Br)c1O. The number of methoxy groups -OCH3 is 1. The summed E-state index contributed by atoms with van der Waals surface area (Å²) in [6.07, 6.45) is 0.521. The summed E-state index contributed by atoms with van der Waals surface area (Å²) in [5, 5.41) is 17.5. The molecule has 2 aromatic rings. The first kappa shape index (κ1) is 19.2. The lowest BCUT2D eigenvalue weighted by Crippen LogP contribution is -2.25. The van der Waals surface area contributed by atoms with Gasteiger partial charge < -0.3 is 15.2 Å². The first-order valence-electron chi connectivity index (χ1n) is 7.19. The maximum atomic E-state index is 12.2. The van der Waals surface area contributed by atoms with Crippen LogP contribution in [0.5, 0.6) is 11.5 Å². The fraction of sp³-hybridized carbons (Fsp3) is 0.188. The first-order chi connectivity index (χ1) is 11.7. The molecule has 0 saturated heterocycles. The van der Waals surface area contributed by atoms with Gasteiger partial charge in [-0.25, -0.2) is 13.6 Å². The highest BCUT2D eigenvalue weighted by Crippen LogP contribution is 2.35. The smallest absolute Gasteiger partial charge is 0.251 e. The van der Waals surface area contributed by atoms with Crippen molar-refractivity contribution >= 4 is 31.9 Å². The summed E-state index contributed by atoms with van der Waals surface area (Å²) in [5.74, 6) is -0.202. The molecule has 4 N–H and O–H groups in total. The second-order valence-electron chi connectivity index (χ2n) is 5.20. The van der Waals surface area contributed by atoms with Gasteiger partial charge in [-0.15, -0.1) is 0 Å². The Bertz CT molecular complexity index is 882. The predicted octanol–water partition coefficient (Wildman–Crippen LogP) is 1.78. The van der Waals surface area contributed by atoms with Gasteiger partial charge in [0.25, 0.3) is 5.91 Å². The van der Waals surface area contributed by atoms with Crippen LogP contribution >= 0.6 is 15.9 Å². The number of hydrogen-bond acceptors (Lipinski definition) is 5. The average molecular weight is 429 g/mol. The summed E-state index contributed by atoms with van der Waals surface area (Å²) >= 11 is 3.16. The van der Waals surface area contributed by atoms with Crippen LogP contribution in [0, 0.1) is 0 Å². The lowest BCUT2D eigenvalue weighted by molar-refractivity contribution is 0.0953. The van der Waals surface area contributed by atoms with Crippen LogP contribution in [-0.2, 0) is 16.4 Å². The first-order valence-corrected chi connectivity index (χ1v) is 9.52. The van der Waals surface area contributed by atoms with Crippen molar-refractivity contribution in [1.82, 2.24) is 5.32 Å². The van der Waals surface area contributed by atoms with Crippen LogP contribution in [0.1, 0.15) is 15.9 Å². The summed E-state index contributed by atoms with van der Waals surface area (Å²) in [6, 6.07) is 9.07. The lowest BCUT2D eigenvalue weighted by atomic mass is 10.1. The van der Waals surface area contributed by atoms with Crippen molar-refractivity contribution in [2.75, 3.05) is 13.7 Å². The standard InChI is InChI=1S/C16H17BrN2O5S/c1-24-14-9-11(8-13(17)15(14)20)16(21)19-7-6-10-2-4-12(5-3-10)25(18,22)23/h2-5,8-9,20H,6-7H2,1H3,(H,19,21)(H2,18,22,23). The molecule has 0 aromatic heterocycles. The van der Waals surface area contributed by atoms with Crippen LogP contribution in [0.4, 0.5) is 0 Å². The van der Waals surface area contributed by atoms with Gasteiger partial charge in [0.1, 0.15) is 0 Å². The van der Waals surface area contributed by atoms with E-state index in [2.05, 4.69) is 21.2 Å². The number of carbonyl (C=O) groups excluding carboxylic acids is 1. The maximum Gasteiger partial charge on any atom is 0.251 e. The van der Waals surface area contributed by atoms with Crippen LogP contribution in [0.25, 0.3) is 0 Å². The van der Waals surface area contributed by atoms with E-state index in [9.17, 15) is 18.3 Å². The van der Waals surface area contributed by atoms with Crippen LogP contribution in [-0.4, -0.2) is 33.1 Å². The molecule has 25 heavy (non-hydrogen) atoms. The molecule has 0 bridgehead atoms. The van der Waals surface area contributed by atoms with Crippen molar-refractivity contribution in [3.63, 3.8) is 0 Å². The Morgan fingerprint density at radius 1 is 1.28 bits per heavy atom. The van der Waals surface area contributed by atoms with Gasteiger partial charge in [0.15, 0.2) is 11.5 Å². The third-order valence-electron chi connectivity index (χ3n) is 3.46. The fourth-order valence-electron chi connectivity index (χ4n) is 2.13. The van der Waals surface area contributed by atoms with Crippen molar-refractivity contribution in [3.05, 3.63) is 52.0 Å². The molecule has 0 heterocycles. The Balaban J connectivity index is 1.98. The number of phenols is 1. The van der Waals surface area contributed by atoms with E-state index in [0.717, 1.165) is 5.56 Å². The summed E-state index contributed by atoms with van der Waals surface area (Å²) in [4.78, 5) is 12.2. The highest BCUT2D eigenvalue weighted by molar-refractivity contribution is 9.10. The Hall–Kier alpha value is -2.10. The molecule has 9 heteroatoms. The molecule has 2 aromatic carbocycles. The molecule has 0 saturated carbocycles. The van der Waals surface area contributed by atoms with Gasteiger partial charge in [-0.05, 0) is 52.2 Å². The van der Waals surface area contributed by atoms with Crippen molar-refractivity contribution < 1.29 is 23.1 Å². The molecule has 2 rings (SSSR count). The number of nitrogens with two attached hydrogens (primary N) is 1. The van der Waals surface area contributed by atoms with E-state index in [1.165, 1.54) is 31.4 Å². The van der Waals surface area contributed by atoms with Gasteiger partial charge in [0.2, 0.25) is 10.0 Å². The summed E-state index contributed by atoms with van der Waals surface area (Å²) < 4.78 is 27.8. The zero-order valence-electron chi connectivity index (χ0n) is 13.3. The lowest BCUT2D eigenvalue weighted by Gasteiger charge is -2.10. The Kier molecular flexibility index (Phi) is 6.04. The van der Waals surface area contributed by atoms with Gasteiger partial charge in [0, 0.05) is 12.1 Å². The third kappa shape index (κ3) is 4.94. The number of nitrogens with one attached hydrogen (secondary N) is 1. The van der Waals surface area contributed by atoms with E-state index in [4.69, 9.17) is 9.88 Å². The summed E-state index contributed by atoms with van der Waals surface area (Å²) in [5.41, 5.74) is 1.20. The molecule has 7 nitrogen and oxygen atoms in total. The minimum atomic E-state index is -3.71. The number of primary sulfonamides is 1. The minimum absolute atomic E-state index is 0.0429. The average Bonchev–Trinajstić information content (AvgIpc) is 2.56. The van der Waals surface area contributed by atoms with Gasteiger partial charge in [-0.1, -0.05) is 12.1 Å². The highest BCUT2D eigenvalue weighted by Gasteiger charge is 2.13. The van der Waals surface area contributed by atoms with Crippen LogP contribution in [0.15, 0.2) is 45.8 Å². The molecule has 0 aliphatic heterocycles. The molecule has 0 radical (unpaired) electrons. The summed E-state index contributed by atoms with van der Waals surface area (Å²) in [6.45, 7) is 0.356. The number of rotatable bonds is 6. The number of phenolic OH excluding ortho intramolecular Hbond substituents is 1. The fourth-order valence-corrected chi connectivity index (χ4v) is 3.09.